The lowest BCUT2D eigenvalue weighted by atomic mass is 9.92. The number of nitrogens with zero attached hydrogens (tertiary/aromatic N) is 4. The Hall–Kier alpha value is -3.91. The quantitative estimate of drug-likeness (QED) is 0.434. The second-order valence-corrected chi connectivity index (χ2v) is 8.28. The van der Waals surface area contributed by atoms with E-state index in [4.69, 9.17) is 4.74 Å². The molecule has 1 aliphatic heterocycles. The topological polar surface area (TPSA) is 102 Å². The van der Waals surface area contributed by atoms with Gasteiger partial charge < -0.3 is 15.4 Å². The van der Waals surface area contributed by atoms with E-state index in [-0.39, 0.29) is 11.8 Å². The zero-order valence-corrected chi connectivity index (χ0v) is 19.2. The van der Waals surface area contributed by atoms with Crippen molar-refractivity contribution < 1.29 is 9.53 Å². The van der Waals surface area contributed by atoms with Gasteiger partial charge in [-0.2, -0.15) is 0 Å². The molecule has 0 spiro atoms. The average molecular weight is 455 g/mol. The molecule has 172 valence electrons. The van der Waals surface area contributed by atoms with E-state index in [0.29, 0.717) is 25.3 Å². The van der Waals surface area contributed by atoms with Crippen LogP contribution in [0.5, 0.6) is 0 Å². The molecule has 0 radical (unpaired) electrons. The van der Waals surface area contributed by atoms with Crippen LogP contribution >= 0.6 is 0 Å². The molecule has 0 bridgehead atoms. The molecule has 0 saturated carbocycles. The third-order valence-electron chi connectivity index (χ3n) is 6.26. The van der Waals surface area contributed by atoms with Gasteiger partial charge in [0.15, 0.2) is 0 Å². The Balaban J connectivity index is 1.38. The van der Waals surface area contributed by atoms with Gasteiger partial charge in [0.05, 0.1) is 35.7 Å². The van der Waals surface area contributed by atoms with Crippen molar-refractivity contribution in [3.8, 4) is 11.3 Å². The largest absolute Gasteiger partial charge is 0.370 e. The number of nitrogens with one attached hydrogen (secondary N) is 2. The Morgan fingerprint density at radius 2 is 2.03 bits per heavy atom. The molecule has 1 atom stereocenters. The molecular weight excluding hydrogens is 428 g/mol. The number of carbonyl (C=O) groups excluding carboxylic acids is 1. The minimum atomic E-state index is -0.114. The fraction of sp³-hybridized carbons (Fsp3) is 0.269. The number of amides is 1. The zero-order chi connectivity index (χ0) is 23.5. The summed E-state index contributed by atoms with van der Waals surface area (Å²) in [6.45, 7) is 3.98. The highest BCUT2D eigenvalue weighted by Gasteiger charge is 2.18. The summed E-state index contributed by atoms with van der Waals surface area (Å²) in [4.78, 5) is 30.3. The first kappa shape index (κ1) is 21.9. The van der Waals surface area contributed by atoms with E-state index in [9.17, 15) is 4.79 Å². The van der Waals surface area contributed by atoms with E-state index in [1.165, 1.54) is 0 Å². The Bertz CT molecular complexity index is 1360. The van der Waals surface area contributed by atoms with Gasteiger partial charge in [-0.3, -0.25) is 14.8 Å². The lowest BCUT2D eigenvalue weighted by Crippen LogP contribution is -2.18. The highest BCUT2D eigenvalue weighted by atomic mass is 16.5. The molecule has 2 N–H and O–H groups in total. The van der Waals surface area contributed by atoms with Gasteiger partial charge >= 0.3 is 0 Å². The van der Waals surface area contributed by atoms with Crippen molar-refractivity contribution in [3.63, 3.8) is 0 Å². The van der Waals surface area contributed by atoms with Crippen molar-refractivity contribution in [2.24, 2.45) is 0 Å². The van der Waals surface area contributed by atoms with Crippen LogP contribution in [0.1, 0.15) is 46.4 Å². The first-order valence-electron chi connectivity index (χ1n) is 11.4. The molecule has 1 unspecified atom stereocenters. The summed E-state index contributed by atoms with van der Waals surface area (Å²) < 4.78 is 5.47. The number of pyridine rings is 2. The molecule has 0 aliphatic carbocycles. The summed E-state index contributed by atoms with van der Waals surface area (Å²) in [6, 6.07) is 11.8. The second kappa shape index (κ2) is 9.52. The van der Waals surface area contributed by atoms with Crippen molar-refractivity contribution in [1.82, 2.24) is 25.3 Å². The third kappa shape index (κ3) is 4.20. The van der Waals surface area contributed by atoms with Crippen molar-refractivity contribution in [2.75, 3.05) is 18.9 Å². The Kier molecular flexibility index (Phi) is 6.14. The summed E-state index contributed by atoms with van der Waals surface area (Å²) >= 11 is 0. The van der Waals surface area contributed by atoms with Crippen LogP contribution in [0.15, 0.2) is 55.1 Å². The van der Waals surface area contributed by atoms with Crippen molar-refractivity contribution >= 4 is 22.6 Å². The van der Waals surface area contributed by atoms with Crippen molar-refractivity contribution in [2.45, 2.75) is 32.5 Å². The Morgan fingerprint density at radius 1 is 1.12 bits per heavy atom. The molecule has 8 heteroatoms. The van der Waals surface area contributed by atoms with E-state index in [0.717, 1.165) is 51.2 Å². The minimum Gasteiger partial charge on any atom is -0.370 e. The van der Waals surface area contributed by atoms with E-state index < -0.39 is 0 Å². The van der Waals surface area contributed by atoms with Crippen LogP contribution in [0.4, 0.5) is 5.82 Å². The first-order valence-corrected chi connectivity index (χ1v) is 11.4. The van der Waals surface area contributed by atoms with Crippen molar-refractivity contribution in [3.05, 3.63) is 77.5 Å². The van der Waals surface area contributed by atoms with Gasteiger partial charge in [0.25, 0.3) is 5.91 Å². The number of aromatic nitrogens is 4. The maximum Gasteiger partial charge on any atom is 0.251 e. The van der Waals surface area contributed by atoms with E-state index >= 15 is 0 Å². The molecule has 4 heterocycles. The summed E-state index contributed by atoms with van der Waals surface area (Å²) in [6.07, 6.45) is 6.01. The van der Waals surface area contributed by atoms with Crippen LogP contribution in [0.3, 0.4) is 0 Å². The van der Waals surface area contributed by atoms with Gasteiger partial charge in [0.2, 0.25) is 0 Å². The van der Waals surface area contributed by atoms with Crippen molar-refractivity contribution in [1.29, 1.82) is 0 Å². The number of anilines is 1. The molecule has 8 nitrogen and oxygen atoms in total. The number of carbonyl (C=O) groups is 1. The fourth-order valence-corrected chi connectivity index (χ4v) is 4.37. The predicted molar refractivity (Wildman–Crippen MR) is 130 cm³/mol. The maximum atomic E-state index is 12.3. The third-order valence-corrected chi connectivity index (χ3v) is 6.26. The number of hydrogen-bond donors (Lipinski definition) is 2. The Labute approximate surface area is 197 Å². The van der Waals surface area contributed by atoms with Crippen LogP contribution in [0, 0.1) is 0 Å². The number of fused-ring (bicyclic) bond motifs is 2. The average Bonchev–Trinajstić information content (AvgIpc) is 3.36. The molecule has 0 fully saturated rings. The Morgan fingerprint density at radius 3 is 2.88 bits per heavy atom. The van der Waals surface area contributed by atoms with Crippen LogP contribution in [0.2, 0.25) is 0 Å². The lowest BCUT2D eigenvalue weighted by Gasteiger charge is -2.19. The number of ether oxygens (including phenoxy) is 1. The predicted octanol–water partition coefficient (Wildman–Crippen LogP) is 4.08. The highest BCUT2D eigenvalue weighted by Crippen LogP contribution is 2.29. The van der Waals surface area contributed by atoms with Crippen LogP contribution < -0.4 is 10.6 Å². The number of benzene rings is 1. The van der Waals surface area contributed by atoms with Gasteiger partial charge in [-0.1, -0.05) is 25.1 Å². The SMILES string of the molecule is CCC(CNc1cc(-c2cnc3c(c2)COC3)ncn1)c1cccc2c(C(=O)NC)ccnc12. The molecule has 34 heavy (non-hydrogen) atoms. The number of para-hydroxylation sites is 1. The number of hydrogen-bond acceptors (Lipinski definition) is 7. The molecule has 1 aliphatic rings. The van der Waals surface area contributed by atoms with Gasteiger partial charge in [0, 0.05) is 54.5 Å². The highest BCUT2D eigenvalue weighted by molar-refractivity contribution is 6.06. The normalized spacial score (nSPS) is 13.5. The molecule has 1 amide bonds. The maximum absolute atomic E-state index is 12.3. The molecular formula is C26H26N6O2. The van der Waals surface area contributed by atoms with E-state index in [1.54, 1.807) is 25.6 Å². The summed E-state index contributed by atoms with van der Waals surface area (Å²) in [7, 11) is 1.64. The van der Waals surface area contributed by atoms with Gasteiger partial charge in [-0.15, -0.1) is 0 Å². The monoisotopic (exact) mass is 454 g/mol. The molecule has 1 aromatic carbocycles. The first-order chi connectivity index (χ1) is 16.7. The zero-order valence-electron chi connectivity index (χ0n) is 19.2. The fourth-order valence-electron chi connectivity index (χ4n) is 4.37. The molecule has 4 aromatic rings. The van der Waals surface area contributed by atoms with E-state index in [1.807, 2.05) is 24.4 Å². The van der Waals surface area contributed by atoms with Gasteiger partial charge in [-0.05, 0) is 24.1 Å². The standard InChI is InChI=1S/C26H26N6O2/c1-3-16(19-5-4-6-20-21(26(33)27-2)7-8-28-25(19)20)11-30-24-10-22(31-15-32-24)17-9-18-13-34-14-23(18)29-12-17/h4-10,12,15-16H,3,11,13-14H2,1-2H3,(H,27,33)(H,30,31,32). The van der Waals surface area contributed by atoms with E-state index in [2.05, 4.69) is 49.6 Å². The molecule has 0 saturated heterocycles. The van der Waals surface area contributed by atoms with Crippen LogP contribution in [-0.2, 0) is 18.0 Å². The smallest absolute Gasteiger partial charge is 0.251 e. The van der Waals surface area contributed by atoms with Gasteiger partial charge in [-0.25, -0.2) is 9.97 Å². The van der Waals surface area contributed by atoms with Crippen LogP contribution in [0.25, 0.3) is 22.2 Å². The summed E-state index contributed by atoms with van der Waals surface area (Å²) in [5.74, 6) is 0.824. The summed E-state index contributed by atoms with van der Waals surface area (Å²) in [5.41, 5.74) is 6.45. The van der Waals surface area contributed by atoms with Crippen LogP contribution in [-0.4, -0.2) is 39.4 Å². The summed E-state index contributed by atoms with van der Waals surface area (Å²) in [5, 5.41) is 7.03. The minimum absolute atomic E-state index is 0.114. The number of rotatable bonds is 7. The lowest BCUT2D eigenvalue weighted by molar-refractivity contribution is 0.0964. The van der Waals surface area contributed by atoms with Gasteiger partial charge in [0.1, 0.15) is 12.1 Å². The molecule has 3 aromatic heterocycles. The second-order valence-electron chi connectivity index (χ2n) is 8.28. The molecule has 5 rings (SSSR count).